The molecular formula is C26H22N2O2. The molecular weight excluding hydrogens is 372 g/mol. The molecule has 0 fully saturated rings. The molecule has 0 radical (unpaired) electrons. The molecule has 0 atom stereocenters. The smallest absolute Gasteiger partial charge is 0.126 e. The third-order valence-corrected chi connectivity index (χ3v) is 5.64. The minimum atomic E-state index is 0.850. The number of nitrogens with zero attached hydrogens (tertiary/aromatic N) is 1. The van der Waals surface area contributed by atoms with E-state index in [9.17, 15) is 0 Å². The van der Waals surface area contributed by atoms with E-state index < -0.39 is 0 Å². The first kappa shape index (κ1) is 18.1. The van der Waals surface area contributed by atoms with Crippen LogP contribution < -0.4 is 15.3 Å². The third-order valence-electron chi connectivity index (χ3n) is 5.64. The quantitative estimate of drug-likeness (QED) is 0.389. The second-order valence-corrected chi connectivity index (χ2v) is 7.23. The molecule has 1 heterocycles. The number of hydrogen-bond donors (Lipinski definition) is 1. The summed E-state index contributed by atoms with van der Waals surface area (Å²) >= 11 is 0. The molecule has 30 heavy (non-hydrogen) atoms. The largest absolute Gasteiger partial charge is 0.496 e. The van der Waals surface area contributed by atoms with E-state index in [1.54, 1.807) is 18.9 Å². The van der Waals surface area contributed by atoms with Crippen molar-refractivity contribution in [1.82, 2.24) is 4.68 Å². The normalized spacial score (nSPS) is 11.1. The van der Waals surface area contributed by atoms with Crippen molar-refractivity contribution in [2.45, 2.75) is 0 Å². The van der Waals surface area contributed by atoms with Crippen LogP contribution in [0.3, 0.4) is 0 Å². The summed E-state index contributed by atoms with van der Waals surface area (Å²) in [6.45, 7) is 0. The predicted octanol–water partition coefficient (Wildman–Crippen LogP) is 5.86. The van der Waals surface area contributed by atoms with Crippen molar-refractivity contribution in [2.24, 2.45) is 0 Å². The van der Waals surface area contributed by atoms with Gasteiger partial charge >= 0.3 is 0 Å². The SMILES string of the molecule is COc1ccccc1-c1ccc2c(c1)c1cc(-c3ccccc3OC)ccc1n2N. The molecule has 5 rings (SSSR count). The number of nitrogens with two attached hydrogens (primary N) is 1. The van der Waals surface area contributed by atoms with Crippen LogP contribution in [0.25, 0.3) is 44.1 Å². The fraction of sp³-hybridized carbons (Fsp3) is 0.0769. The second-order valence-electron chi connectivity index (χ2n) is 7.23. The molecule has 0 unspecified atom stereocenters. The van der Waals surface area contributed by atoms with Gasteiger partial charge < -0.3 is 15.3 Å². The van der Waals surface area contributed by atoms with E-state index in [1.165, 1.54) is 0 Å². The maximum absolute atomic E-state index is 6.43. The lowest BCUT2D eigenvalue weighted by Crippen LogP contribution is -2.06. The van der Waals surface area contributed by atoms with Gasteiger partial charge in [-0.25, -0.2) is 0 Å². The molecule has 4 heteroatoms. The number of para-hydroxylation sites is 2. The number of ether oxygens (including phenoxy) is 2. The van der Waals surface area contributed by atoms with Crippen molar-refractivity contribution >= 4 is 21.8 Å². The van der Waals surface area contributed by atoms with Gasteiger partial charge in [-0.2, -0.15) is 0 Å². The fourth-order valence-corrected chi connectivity index (χ4v) is 4.15. The molecule has 0 spiro atoms. The van der Waals surface area contributed by atoms with Crippen LogP contribution in [-0.2, 0) is 0 Å². The van der Waals surface area contributed by atoms with Gasteiger partial charge in [-0.05, 0) is 47.5 Å². The molecule has 4 aromatic carbocycles. The second kappa shape index (κ2) is 7.16. The van der Waals surface area contributed by atoms with E-state index in [2.05, 4.69) is 48.5 Å². The summed E-state index contributed by atoms with van der Waals surface area (Å²) in [5.74, 6) is 8.13. The van der Waals surface area contributed by atoms with Crippen LogP contribution >= 0.6 is 0 Å². The Kier molecular flexibility index (Phi) is 4.32. The van der Waals surface area contributed by atoms with Crippen LogP contribution in [0.15, 0.2) is 84.9 Å². The van der Waals surface area contributed by atoms with Gasteiger partial charge in [-0.1, -0.05) is 48.5 Å². The highest BCUT2D eigenvalue weighted by Gasteiger charge is 2.14. The first-order chi connectivity index (χ1) is 14.7. The number of aromatic nitrogens is 1. The number of benzene rings is 4. The Balaban J connectivity index is 1.76. The zero-order valence-corrected chi connectivity index (χ0v) is 16.9. The number of nitrogen functional groups attached to an aromatic ring is 1. The predicted molar refractivity (Wildman–Crippen MR) is 124 cm³/mol. The van der Waals surface area contributed by atoms with Crippen LogP contribution in [0.5, 0.6) is 11.5 Å². The molecule has 148 valence electrons. The Morgan fingerprint density at radius 2 is 1.03 bits per heavy atom. The van der Waals surface area contributed by atoms with Crippen molar-refractivity contribution in [1.29, 1.82) is 0 Å². The van der Waals surface area contributed by atoms with Gasteiger partial charge in [0.1, 0.15) is 11.5 Å². The number of methoxy groups -OCH3 is 2. The van der Waals surface area contributed by atoms with Crippen molar-refractivity contribution < 1.29 is 9.47 Å². The third kappa shape index (κ3) is 2.77. The summed E-state index contributed by atoms with van der Waals surface area (Å²) in [5.41, 5.74) is 6.27. The highest BCUT2D eigenvalue weighted by atomic mass is 16.5. The number of hydrogen-bond acceptors (Lipinski definition) is 3. The molecule has 5 aromatic rings. The van der Waals surface area contributed by atoms with E-state index in [0.29, 0.717) is 0 Å². The maximum Gasteiger partial charge on any atom is 0.126 e. The Bertz CT molecular complexity index is 1280. The summed E-state index contributed by atoms with van der Waals surface area (Å²) in [5, 5.41) is 2.21. The summed E-state index contributed by atoms with van der Waals surface area (Å²) in [7, 11) is 3.39. The summed E-state index contributed by atoms with van der Waals surface area (Å²) in [6.07, 6.45) is 0. The number of rotatable bonds is 4. The lowest BCUT2D eigenvalue weighted by atomic mass is 9.99. The van der Waals surface area contributed by atoms with Gasteiger partial charge in [0.05, 0.1) is 25.3 Å². The molecule has 1 aromatic heterocycles. The lowest BCUT2D eigenvalue weighted by Gasteiger charge is -2.09. The molecule has 0 bridgehead atoms. The molecule has 0 aliphatic heterocycles. The van der Waals surface area contributed by atoms with Crippen molar-refractivity contribution in [2.75, 3.05) is 20.1 Å². The lowest BCUT2D eigenvalue weighted by molar-refractivity contribution is 0.416. The van der Waals surface area contributed by atoms with E-state index in [4.69, 9.17) is 15.3 Å². The average Bonchev–Trinajstić information content (AvgIpc) is 3.09. The van der Waals surface area contributed by atoms with Crippen molar-refractivity contribution in [3.63, 3.8) is 0 Å². The van der Waals surface area contributed by atoms with Crippen LogP contribution in [0, 0.1) is 0 Å². The molecule has 4 nitrogen and oxygen atoms in total. The number of fused-ring (bicyclic) bond motifs is 3. The molecule has 0 aliphatic rings. The molecule has 0 aliphatic carbocycles. The minimum absolute atomic E-state index is 0.850. The Morgan fingerprint density at radius 1 is 0.600 bits per heavy atom. The van der Waals surface area contributed by atoms with E-state index in [0.717, 1.165) is 55.6 Å². The van der Waals surface area contributed by atoms with Crippen LogP contribution in [0.2, 0.25) is 0 Å². The van der Waals surface area contributed by atoms with Gasteiger partial charge in [0.15, 0.2) is 0 Å². The molecule has 0 amide bonds. The Hall–Kier alpha value is -3.92. The average molecular weight is 394 g/mol. The summed E-state index contributed by atoms with van der Waals surface area (Å²) in [4.78, 5) is 0. The van der Waals surface area contributed by atoms with E-state index in [-0.39, 0.29) is 0 Å². The Morgan fingerprint density at radius 3 is 1.47 bits per heavy atom. The van der Waals surface area contributed by atoms with Gasteiger partial charge in [-0.3, -0.25) is 4.68 Å². The van der Waals surface area contributed by atoms with Crippen molar-refractivity contribution in [3.8, 4) is 33.8 Å². The zero-order valence-electron chi connectivity index (χ0n) is 16.9. The summed E-state index contributed by atoms with van der Waals surface area (Å²) < 4.78 is 12.9. The van der Waals surface area contributed by atoms with Gasteiger partial charge in [0.2, 0.25) is 0 Å². The molecule has 0 saturated carbocycles. The fourth-order valence-electron chi connectivity index (χ4n) is 4.15. The topological polar surface area (TPSA) is 49.4 Å². The molecule has 2 N–H and O–H groups in total. The Labute approximate surface area is 175 Å². The summed E-state index contributed by atoms with van der Waals surface area (Å²) in [6, 6.07) is 28.8. The van der Waals surface area contributed by atoms with E-state index in [1.807, 2.05) is 36.4 Å². The van der Waals surface area contributed by atoms with Crippen LogP contribution in [0.1, 0.15) is 0 Å². The monoisotopic (exact) mass is 394 g/mol. The van der Waals surface area contributed by atoms with Crippen LogP contribution in [0.4, 0.5) is 0 Å². The van der Waals surface area contributed by atoms with Crippen LogP contribution in [-0.4, -0.2) is 18.9 Å². The molecule has 0 saturated heterocycles. The highest BCUT2D eigenvalue weighted by Crippen LogP contribution is 2.37. The van der Waals surface area contributed by atoms with Gasteiger partial charge in [0, 0.05) is 21.9 Å². The minimum Gasteiger partial charge on any atom is -0.496 e. The standard InChI is InChI=1S/C26H22N2O2/c1-29-25-9-5-3-7-19(25)17-11-13-23-21(15-17)22-16-18(12-14-24(22)28(23)27)20-8-4-6-10-26(20)30-2/h3-16H,27H2,1-2H3. The van der Waals surface area contributed by atoms with Gasteiger partial charge in [0.25, 0.3) is 0 Å². The highest BCUT2D eigenvalue weighted by molar-refractivity contribution is 6.10. The van der Waals surface area contributed by atoms with Gasteiger partial charge in [-0.15, -0.1) is 0 Å². The van der Waals surface area contributed by atoms with E-state index >= 15 is 0 Å². The first-order valence-corrected chi connectivity index (χ1v) is 9.81. The zero-order chi connectivity index (χ0) is 20.7. The maximum atomic E-state index is 6.43. The first-order valence-electron chi connectivity index (χ1n) is 9.81. The van der Waals surface area contributed by atoms with Crippen molar-refractivity contribution in [3.05, 3.63) is 84.9 Å².